The fourth-order valence-electron chi connectivity index (χ4n) is 4.10. The van der Waals surface area contributed by atoms with E-state index in [1.807, 2.05) is 0 Å². The number of rotatable bonds is 7. The Morgan fingerprint density at radius 2 is 1.35 bits per heavy atom. The SMILES string of the molecule is NCC1(Oc2cnc(-c3ccc(CI)cc3)c(-c3ccc(CI)cc3)n2)CCCCC1. The molecule has 31 heavy (non-hydrogen) atoms. The molecular formula is C25H27I2N3O. The molecule has 6 heteroatoms. The molecule has 1 fully saturated rings. The number of hydrogen-bond acceptors (Lipinski definition) is 4. The Morgan fingerprint density at radius 1 is 0.806 bits per heavy atom. The van der Waals surface area contributed by atoms with Gasteiger partial charge in [-0.2, -0.15) is 0 Å². The fourth-order valence-corrected chi connectivity index (χ4v) is 5.12. The lowest BCUT2D eigenvalue weighted by Crippen LogP contribution is -2.45. The van der Waals surface area contributed by atoms with E-state index in [1.54, 1.807) is 6.20 Å². The number of nitrogens with zero attached hydrogens (tertiary/aromatic N) is 2. The van der Waals surface area contributed by atoms with Crippen LogP contribution in [0, 0.1) is 0 Å². The zero-order valence-corrected chi connectivity index (χ0v) is 21.8. The number of nitrogens with two attached hydrogens (primary N) is 1. The Morgan fingerprint density at radius 3 is 1.87 bits per heavy atom. The molecule has 4 rings (SSSR count). The van der Waals surface area contributed by atoms with E-state index in [4.69, 9.17) is 20.4 Å². The van der Waals surface area contributed by atoms with Crippen LogP contribution >= 0.6 is 45.2 Å². The van der Waals surface area contributed by atoms with Crippen LogP contribution in [0.3, 0.4) is 0 Å². The van der Waals surface area contributed by atoms with Gasteiger partial charge in [0.2, 0.25) is 5.88 Å². The number of alkyl halides is 2. The highest BCUT2D eigenvalue weighted by molar-refractivity contribution is 14.1. The van der Waals surface area contributed by atoms with Gasteiger partial charge >= 0.3 is 0 Å². The topological polar surface area (TPSA) is 61.0 Å². The molecule has 1 heterocycles. The van der Waals surface area contributed by atoms with Gasteiger partial charge in [0.25, 0.3) is 0 Å². The zero-order valence-electron chi connectivity index (χ0n) is 17.5. The second-order valence-corrected chi connectivity index (χ2v) is 9.64. The summed E-state index contributed by atoms with van der Waals surface area (Å²) in [5.74, 6) is 0.563. The summed E-state index contributed by atoms with van der Waals surface area (Å²) >= 11 is 4.77. The normalized spacial score (nSPS) is 15.6. The van der Waals surface area contributed by atoms with Gasteiger partial charge in [-0.25, -0.2) is 9.97 Å². The molecule has 0 aliphatic heterocycles. The lowest BCUT2D eigenvalue weighted by Gasteiger charge is -2.36. The lowest BCUT2D eigenvalue weighted by atomic mass is 9.85. The number of benzene rings is 2. The Bertz CT molecular complexity index is 1000. The first-order valence-electron chi connectivity index (χ1n) is 10.7. The summed E-state index contributed by atoms with van der Waals surface area (Å²) in [6, 6.07) is 17.1. The first-order chi connectivity index (χ1) is 15.2. The highest BCUT2D eigenvalue weighted by atomic mass is 127. The summed E-state index contributed by atoms with van der Waals surface area (Å²) in [6.07, 6.45) is 7.26. The largest absolute Gasteiger partial charge is 0.469 e. The number of hydrogen-bond donors (Lipinski definition) is 1. The van der Waals surface area contributed by atoms with E-state index in [9.17, 15) is 0 Å². The maximum absolute atomic E-state index is 6.43. The van der Waals surface area contributed by atoms with Gasteiger partial charge in [-0.1, -0.05) is 100 Å². The number of aromatic nitrogens is 2. The van der Waals surface area contributed by atoms with Gasteiger partial charge in [-0.3, -0.25) is 0 Å². The van der Waals surface area contributed by atoms with Crippen molar-refractivity contribution in [3.05, 3.63) is 65.9 Å². The second-order valence-electron chi connectivity index (χ2n) is 8.12. The summed E-state index contributed by atoms with van der Waals surface area (Å²) in [7, 11) is 0. The summed E-state index contributed by atoms with van der Waals surface area (Å²) in [6.45, 7) is 0.508. The van der Waals surface area contributed by atoms with Crippen molar-refractivity contribution in [2.75, 3.05) is 6.54 Å². The Hall–Kier alpha value is -1.26. The maximum atomic E-state index is 6.43. The molecular weight excluding hydrogens is 612 g/mol. The Kier molecular flexibility index (Phi) is 7.81. The van der Waals surface area contributed by atoms with Crippen molar-refractivity contribution >= 4 is 45.2 Å². The molecule has 0 bridgehead atoms. The zero-order chi connectivity index (χ0) is 21.7. The quantitative estimate of drug-likeness (QED) is 0.231. The van der Waals surface area contributed by atoms with Crippen LogP contribution in [0.4, 0.5) is 0 Å². The molecule has 2 aromatic carbocycles. The van der Waals surface area contributed by atoms with Crippen molar-refractivity contribution in [3.63, 3.8) is 0 Å². The minimum Gasteiger partial charge on any atom is -0.469 e. The van der Waals surface area contributed by atoms with Crippen LogP contribution in [-0.2, 0) is 8.86 Å². The van der Waals surface area contributed by atoms with Gasteiger partial charge in [0.05, 0.1) is 11.9 Å². The average Bonchev–Trinajstić information content (AvgIpc) is 2.85. The molecule has 1 aromatic heterocycles. The van der Waals surface area contributed by atoms with E-state index in [0.29, 0.717) is 12.4 Å². The molecule has 162 valence electrons. The Balaban J connectivity index is 1.75. The minimum atomic E-state index is -0.321. The molecule has 0 radical (unpaired) electrons. The van der Waals surface area contributed by atoms with E-state index >= 15 is 0 Å². The predicted molar refractivity (Wildman–Crippen MR) is 144 cm³/mol. The monoisotopic (exact) mass is 639 g/mol. The third-order valence-corrected chi connectivity index (χ3v) is 7.73. The molecule has 0 spiro atoms. The van der Waals surface area contributed by atoms with Gasteiger partial charge in [-0.15, -0.1) is 0 Å². The van der Waals surface area contributed by atoms with Crippen LogP contribution < -0.4 is 10.5 Å². The molecule has 0 unspecified atom stereocenters. The average molecular weight is 639 g/mol. The number of halogens is 2. The van der Waals surface area contributed by atoms with Crippen LogP contribution in [0.15, 0.2) is 54.7 Å². The van der Waals surface area contributed by atoms with Crippen molar-refractivity contribution in [2.45, 2.75) is 46.6 Å². The van der Waals surface area contributed by atoms with Gasteiger partial charge in [-0.05, 0) is 36.8 Å². The summed E-state index contributed by atoms with van der Waals surface area (Å²) in [4.78, 5) is 9.78. The lowest BCUT2D eigenvalue weighted by molar-refractivity contribution is 0.0340. The van der Waals surface area contributed by atoms with Gasteiger partial charge < -0.3 is 10.5 Å². The highest BCUT2D eigenvalue weighted by Gasteiger charge is 2.33. The van der Waals surface area contributed by atoms with Gasteiger partial charge in [0.1, 0.15) is 11.3 Å². The molecule has 0 amide bonds. The van der Waals surface area contributed by atoms with Crippen molar-refractivity contribution in [1.82, 2.24) is 9.97 Å². The van der Waals surface area contributed by atoms with Crippen molar-refractivity contribution in [2.24, 2.45) is 5.73 Å². The van der Waals surface area contributed by atoms with Crippen LogP contribution in [-0.4, -0.2) is 22.1 Å². The van der Waals surface area contributed by atoms with Crippen LogP contribution in [0.5, 0.6) is 5.88 Å². The molecule has 1 aliphatic rings. The van der Waals surface area contributed by atoms with Crippen LogP contribution in [0.25, 0.3) is 22.5 Å². The summed E-state index contributed by atoms with van der Waals surface area (Å²) < 4.78 is 8.40. The standard InChI is InChI=1S/C25H27I2N3O/c26-14-18-4-8-20(9-5-18)23-24(21-10-6-19(15-27)7-11-21)30-22(16-29-23)31-25(17-28)12-2-1-3-13-25/h4-11,16H,1-3,12-15,17,28H2. The molecule has 4 nitrogen and oxygen atoms in total. The first kappa shape index (κ1) is 22.9. The molecule has 1 aliphatic carbocycles. The highest BCUT2D eigenvalue weighted by Crippen LogP contribution is 2.35. The van der Waals surface area contributed by atoms with E-state index in [-0.39, 0.29) is 5.60 Å². The maximum Gasteiger partial charge on any atom is 0.233 e. The van der Waals surface area contributed by atoms with Gasteiger partial charge in [0, 0.05) is 26.5 Å². The van der Waals surface area contributed by atoms with E-state index in [2.05, 4.69) is 93.7 Å². The molecule has 1 saturated carbocycles. The molecule has 2 N–H and O–H groups in total. The van der Waals surface area contributed by atoms with Crippen molar-refractivity contribution in [3.8, 4) is 28.4 Å². The molecule has 0 atom stereocenters. The first-order valence-corrected chi connectivity index (χ1v) is 13.8. The molecule has 3 aromatic rings. The minimum absolute atomic E-state index is 0.321. The smallest absolute Gasteiger partial charge is 0.233 e. The number of ether oxygens (including phenoxy) is 1. The third kappa shape index (κ3) is 5.39. The fraction of sp³-hybridized carbons (Fsp3) is 0.360. The van der Waals surface area contributed by atoms with Crippen molar-refractivity contribution < 1.29 is 4.74 Å². The van der Waals surface area contributed by atoms with Crippen molar-refractivity contribution in [1.29, 1.82) is 0 Å². The van der Waals surface area contributed by atoms with Crippen LogP contribution in [0.2, 0.25) is 0 Å². The third-order valence-electron chi connectivity index (χ3n) is 5.97. The summed E-state index contributed by atoms with van der Waals surface area (Å²) in [5.41, 5.74) is 12.2. The predicted octanol–water partition coefficient (Wildman–Crippen LogP) is 6.72. The van der Waals surface area contributed by atoms with Crippen LogP contribution in [0.1, 0.15) is 43.2 Å². The second kappa shape index (κ2) is 10.6. The summed E-state index contributed by atoms with van der Waals surface area (Å²) in [5, 5.41) is 0. The van der Waals surface area contributed by atoms with E-state index in [1.165, 1.54) is 17.5 Å². The Labute approximate surface area is 211 Å². The van der Waals surface area contributed by atoms with E-state index < -0.39 is 0 Å². The van der Waals surface area contributed by atoms with Gasteiger partial charge in [0.15, 0.2) is 0 Å². The van der Waals surface area contributed by atoms with E-state index in [0.717, 1.165) is 57.1 Å². The molecule has 0 saturated heterocycles.